The van der Waals surface area contributed by atoms with Crippen LogP contribution >= 0.6 is 26.8 Å². The van der Waals surface area contributed by atoms with Crippen molar-refractivity contribution in [1.82, 2.24) is 0 Å². The van der Waals surface area contributed by atoms with E-state index in [9.17, 15) is 0 Å². The fourth-order valence-electron chi connectivity index (χ4n) is 2.18. The van der Waals surface area contributed by atoms with Gasteiger partial charge in [0.05, 0.1) is 0 Å². The van der Waals surface area contributed by atoms with Crippen LogP contribution in [0.1, 0.15) is 0 Å². The zero-order chi connectivity index (χ0) is 18.3. The standard InChI is InChI=1S/C18H15P.C3H4.2ClH.Pt/c1-4-10-16(11-5-1)19(17-12-6-2-7-13-17)18-14-8-3-9-15-18;1-3-2;;;/h1-15H;1-2H2;2*1H;/q;;;;+2/p-2. The molecule has 0 heterocycles. The summed E-state index contributed by atoms with van der Waals surface area (Å²) in [6.07, 6.45) is 0. The van der Waals surface area contributed by atoms with Gasteiger partial charge in [-0.2, -0.15) is 0 Å². The molecule has 0 fully saturated rings. The van der Waals surface area contributed by atoms with Gasteiger partial charge in [-0.25, -0.2) is 0 Å². The van der Waals surface area contributed by atoms with Crippen molar-refractivity contribution in [3.63, 3.8) is 0 Å². The van der Waals surface area contributed by atoms with Gasteiger partial charge in [-0.3, -0.25) is 0 Å². The molecule has 0 aliphatic heterocycles. The molecule has 0 radical (unpaired) electrons. The summed E-state index contributed by atoms with van der Waals surface area (Å²) in [4.78, 5) is 0. The largest absolute Gasteiger partial charge is 0.0622 e. The van der Waals surface area contributed by atoms with E-state index in [-0.39, 0.29) is 0 Å². The Labute approximate surface area is 168 Å². The van der Waals surface area contributed by atoms with E-state index >= 15 is 0 Å². The van der Waals surface area contributed by atoms with Gasteiger partial charge in [-0.15, -0.1) is 5.73 Å². The zero-order valence-electron chi connectivity index (χ0n) is 13.6. The number of halogens is 2. The maximum Gasteiger partial charge on any atom is -0.0134 e. The number of benzene rings is 3. The topological polar surface area (TPSA) is 0 Å². The molecule has 0 saturated carbocycles. The van der Waals surface area contributed by atoms with Crippen molar-refractivity contribution in [2.24, 2.45) is 0 Å². The minimum absolute atomic E-state index is 0.446. The third-order valence-electron chi connectivity index (χ3n) is 3.04. The van der Waals surface area contributed by atoms with E-state index in [0.717, 1.165) is 0 Å². The quantitative estimate of drug-likeness (QED) is 0.278. The van der Waals surface area contributed by atoms with E-state index in [2.05, 4.69) is 110 Å². The maximum atomic E-state index is 4.88. The fraction of sp³-hybridized carbons (Fsp3) is 0. The average Bonchev–Trinajstić information content (AvgIpc) is 2.66. The first kappa shape index (κ1) is 21.9. The predicted molar refractivity (Wildman–Crippen MR) is 112 cm³/mol. The van der Waals surface area contributed by atoms with Gasteiger partial charge in [-0.1, -0.05) is 104 Å². The Morgan fingerprint density at radius 3 is 1.00 bits per heavy atom. The Balaban J connectivity index is 0.000000460. The first-order valence-electron chi connectivity index (χ1n) is 7.35. The molecule has 132 valence electrons. The van der Waals surface area contributed by atoms with Crippen LogP contribution in [0.2, 0.25) is 0 Å². The average molecular weight is 568 g/mol. The Bertz CT molecular complexity index is 634. The molecule has 3 rings (SSSR count). The third-order valence-corrected chi connectivity index (χ3v) is 5.49. The smallest absolute Gasteiger partial charge is 0.0134 e. The Hall–Kier alpha value is -1.12. The minimum Gasteiger partial charge on any atom is -0.0622 e. The van der Waals surface area contributed by atoms with Gasteiger partial charge < -0.3 is 0 Å². The van der Waals surface area contributed by atoms with Gasteiger partial charge in [0.2, 0.25) is 0 Å². The summed E-state index contributed by atoms with van der Waals surface area (Å²) < 4.78 is 0. The SMILES string of the molecule is C=C=C.[Cl][Pt][Cl].c1ccc(P(c2ccccc2)c2ccccc2)cc1. The molecule has 0 bridgehead atoms. The Morgan fingerprint density at radius 1 is 0.600 bits per heavy atom. The molecule has 0 aromatic heterocycles. The minimum atomic E-state index is -0.472. The van der Waals surface area contributed by atoms with Crippen LogP contribution in [-0.2, 0) is 16.5 Å². The van der Waals surface area contributed by atoms with E-state index in [1.807, 2.05) is 0 Å². The monoisotopic (exact) mass is 567 g/mol. The maximum absolute atomic E-state index is 4.88. The number of hydrogen-bond donors (Lipinski definition) is 0. The Kier molecular flexibility index (Phi) is 12.4. The van der Waals surface area contributed by atoms with Gasteiger partial charge in [0.1, 0.15) is 0 Å². The molecule has 0 aliphatic carbocycles. The molecule has 0 nitrogen and oxygen atoms in total. The molecule has 0 unspecified atom stereocenters. The molecular formula is C21H19Cl2PPt. The van der Waals surface area contributed by atoms with Crippen LogP contribution in [0.15, 0.2) is 110 Å². The van der Waals surface area contributed by atoms with Crippen molar-refractivity contribution in [3.8, 4) is 0 Å². The van der Waals surface area contributed by atoms with Crippen molar-refractivity contribution < 1.29 is 16.5 Å². The summed E-state index contributed by atoms with van der Waals surface area (Å²) in [5.41, 5.74) is 2.25. The molecule has 4 heteroatoms. The van der Waals surface area contributed by atoms with Gasteiger partial charge >= 0.3 is 35.3 Å². The van der Waals surface area contributed by atoms with E-state index in [1.54, 1.807) is 0 Å². The molecule has 0 N–H and O–H groups in total. The van der Waals surface area contributed by atoms with Gasteiger partial charge in [0.25, 0.3) is 0 Å². The fourth-order valence-corrected chi connectivity index (χ4v) is 4.48. The van der Waals surface area contributed by atoms with Crippen molar-refractivity contribution in [2.75, 3.05) is 0 Å². The normalized spacial score (nSPS) is 9.24. The first-order valence-corrected chi connectivity index (χ1v) is 14.3. The van der Waals surface area contributed by atoms with Crippen molar-refractivity contribution >= 4 is 42.7 Å². The molecule has 3 aromatic rings. The number of rotatable bonds is 3. The molecule has 0 saturated heterocycles. The van der Waals surface area contributed by atoms with Crippen molar-refractivity contribution in [3.05, 3.63) is 110 Å². The molecular weight excluding hydrogens is 549 g/mol. The van der Waals surface area contributed by atoms with Crippen LogP contribution in [0, 0.1) is 0 Å². The van der Waals surface area contributed by atoms with Gasteiger partial charge in [0.15, 0.2) is 0 Å². The number of hydrogen-bond acceptors (Lipinski definition) is 0. The van der Waals surface area contributed by atoms with E-state index in [4.69, 9.17) is 18.8 Å². The summed E-state index contributed by atoms with van der Waals surface area (Å²) in [7, 11) is 9.30. The van der Waals surface area contributed by atoms with Crippen LogP contribution in [0.5, 0.6) is 0 Å². The summed E-state index contributed by atoms with van der Waals surface area (Å²) in [6.45, 7) is 6.25. The van der Waals surface area contributed by atoms with Crippen LogP contribution in [0.4, 0.5) is 0 Å². The van der Waals surface area contributed by atoms with Crippen molar-refractivity contribution in [2.45, 2.75) is 0 Å². The van der Waals surface area contributed by atoms with E-state index < -0.39 is 24.4 Å². The first-order chi connectivity index (χ1) is 12.3. The molecule has 0 atom stereocenters. The predicted octanol–water partition coefficient (Wildman–Crippen LogP) is 5.78. The van der Waals surface area contributed by atoms with Gasteiger partial charge in [0, 0.05) is 0 Å². The molecule has 0 aliphatic rings. The second-order valence-electron chi connectivity index (χ2n) is 4.64. The van der Waals surface area contributed by atoms with Crippen LogP contribution in [-0.4, -0.2) is 0 Å². The molecule has 25 heavy (non-hydrogen) atoms. The second-order valence-corrected chi connectivity index (χ2v) is 10.1. The van der Waals surface area contributed by atoms with Crippen LogP contribution in [0.25, 0.3) is 0 Å². The molecule has 3 aromatic carbocycles. The summed E-state index contributed by atoms with van der Waals surface area (Å²) in [6, 6.07) is 32.3. The van der Waals surface area contributed by atoms with E-state index in [1.165, 1.54) is 15.9 Å². The second kappa shape index (κ2) is 14.1. The summed E-state index contributed by atoms with van der Waals surface area (Å²) in [5, 5.41) is 4.19. The Morgan fingerprint density at radius 2 is 0.800 bits per heavy atom. The molecule has 0 amide bonds. The summed E-state index contributed by atoms with van der Waals surface area (Å²) >= 11 is -0.472. The summed E-state index contributed by atoms with van der Waals surface area (Å²) in [5.74, 6) is 0. The van der Waals surface area contributed by atoms with Crippen LogP contribution in [0.3, 0.4) is 0 Å². The van der Waals surface area contributed by atoms with Crippen LogP contribution < -0.4 is 15.9 Å². The van der Waals surface area contributed by atoms with Crippen molar-refractivity contribution in [1.29, 1.82) is 0 Å². The third kappa shape index (κ3) is 8.20. The van der Waals surface area contributed by atoms with E-state index in [0.29, 0.717) is 0 Å². The van der Waals surface area contributed by atoms with Gasteiger partial charge in [-0.05, 0) is 23.8 Å². The zero-order valence-corrected chi connectivity index (χ0v) is 18.3. The molecule has 0 spiro atoms.